The van der Waals surface area contributed by atoms with Crippen LogP contribution in [0.2, 0.25) is 0 Å². The van der Waals surface area contributed by atoms with Crippen LogP contribution in [-0.2, 0) is 9.53 Å². The molecule has 1 rings (SSSR count). The molecule has 1 fully saturated rings. The summed E-state index contributed by atoms with van der Waals surface area (Å²) in [7, 11) is 1.97. The molecule has 0 bridgehead atoms. The molecule has 4 nitrogen and oxygen atoms in total. The number of hydrogen-bond donors (Lipinski definition) is 1. The fourth-order valence-electron chi connectivity index (χ4n) is 1.08. The minimum atomic E-state index is -0.847. The number of likely N-dealkylation sites (N-methyl/N-ethyl adjacent to an activating group) is 1. The maximum absolute atomic E-state index is 10.5. The molecule has 1 aliphatic rings. The topological polar surface area (TPSA) is 49.8 Å². The first-order valence-electron chi connectivity index (χ1n) is 3.73. The molecular weight excluding hydrogens is 146 g/mol. The van der Waals surface area contributed by atoms with E-state index in [0.29, 0.717) is 13.0 Å². The van der Waals surface area contributed by atoms with Gasteiger partial charge in [-0.3, -0.25) is 0 Å². The second kappa shape index (κ2) is 3.69. The summed E-state index contributed by atoms with van der Waals surface area (Å²) in [5.41, 5.74) is 0. The summed E-state index contributed by atoms with van der Waals surface area (Å²) in [6.07, 6.45) is -0.00815. The van der Waals surface area contributed by atoms with Gasteiger partial charge in [-0.05, 0) is 13.5 Å². The van der Waals surface area contributed by atoms with Crippen molar-refractivity contribution in [1.82, 2.24) is 4.90 Å². The van der Waals surface area contributed by atoms with Crippen molar-refractivity contribution in [3.8, 4) is 0 Å². The fraction of sp³-hybridized carbons (Fsp3) is 0.857. The van der Waals surface area contributed by atoms with Gasteiger partial charge in [0.15, 0.2) is 6.10 Å². The van der Waals surface area contributed by atoms with Gasteiger partial charge in [0.1, 0.15) is 0 Å². The van der Waals surface area contributed by atoms with Crippen molar-refractivity contribution in [2.45, 2.75) is 12.5 Å². The molecule has 1 unspecified atom stereocenters. The molecule has 0 radical (unpaired) electrons. The fourth-order valence-corrected chi connectivity index (χ4v) is 1.08. The Bertz CT molecular complexity index is 149. The molecule has 64 valence electrons. The van der Waals surface area contributed by atoms with Crippen LogP contribution in [0.25, 0.3) is 0 Å². The van der Waals surface area contributed by atoms with Gasteiger partial charge in [-0.15, -0.1) is 0 Å². The van der Waals surface area contributed by atoms with E-state index in [-0.39, 0.29) is 0 Å². The first kappa shape index (κ1) is 8.49. The number of carbonyl (C=O) groups is 1. The van der Waals surface area contributed by atoms with Crippen molar-refractivity contribution in [3.05, 3.63) is 0 Å². The first-order valence-corrected chi connectivity index (χ1v) is 3.73. The largest absolute Gasteiger partial charge is 0.479 e. The zero-order chi connectivity index (χ0) is 8.27. The third-order valence-corrected chi connectivity index (χ3v) is 1.84. The van der Waals surface area contributed by atoms with E-state index < -0.39 is 12.1 Å². The molecule has 4 heteroatoms. The Hall–Kier alpha value is -0.610. The lowest BCUT2D eigenvalue weighted by atomic mass is 10.2. The van der Waals surface area contributed by atoms with E-state index in [1.165, 1.54) is 0 Å². The highest BCUT2D eigenvalue weighted by Gasteiger charge is 2.20. The summed E-state index contributed by atoms with van der Waals surface area (Å²) in [6, 6.07) is 0. The summed E-state index contributed by atoms with van der Waals surface area (Å²) in [5, 5.41) is 8.61. The van der Waals surface area contributed by atoms with E-state index >= 15 is 0 Å². The summed E-state index contributed by atoms with van der Waals surface area (Å²) in [5.74, 6) is -0.847. The van der Waals surface area contributed by atoms with E-state index in [1.807, 2.05) is 7.05 Å². The lowest BCUT2D eigenvalue weighted by Gasteiger charge is -2.10. The second-order valence-corrected chi connectivity index (χ2v) is 2.79. The quantitative estimate of drug-likeness (QED) is 0.575. The van der Waals surface area contributed by atoms with Crippen molar-refractivity contribution in [1.29, 1.82) is 0 Å². The molecule has 11 heavy (non-hydrogen) atoms. The van der Waals surface area contributed by atoms with Gasteiger partial charge in [-0.25, -0.2) is 4.79 Å². The minimum Gasteiger partial charge on any atom is -0.479 e. The van der Waals surface area contributed by atoms with Crippen LogP contribution in [0.5, 0.6) is 0 Å². The highest BCUT2D eigenvalue weighted by molar-refractivity contribution is 5.72. The molecule has 0 aromatic rings. The number of ether oxygens (including phenoxy) is 1. The Morgan fingerprint density at radius 3 is 3.00 bits per heavy atom. The van der Waals surface area contributed by atoms with Crippen LogP contribution >= 0.6 is 0 Å². The van der Waals surface area contributed by atoms with Crippen molar-refractivity contribution < 1.29 is 14.6 Å². The predicted octanol–water partition coefficient (Wildman–Crippen LogP) is -0.208. The lowest BCUT2D eigenvalue weighted by molar-refractivity contribution is -0.149. The number of carboxylic acid groups (broad SMARTS) is 1. The maximum Gasteiger partial charge on any atom is 0.332 e. The number of rotatable bonds is 1. The molecule has 0 saturated carbocycles. The van der Waals surface area contributed by atoms with Crippen LogP contribution in [0.1, 0.15) is 6.42 Å². The molecule has 1 aliphatic heterocycles. The highest BCUT2D eigenvalue weighted by atomic mass is 16.5. The molecule has 0 aliphatic carbocycles. The molecule has 1 heterocycles. The van der Waals surface area contributed by atoms with E-state index in [1.54, 1.807) is 0 Å². The molecule has 0 aromatic heterocycles. The van der Waals surface area contributed by atoms with Crippen LogP contribution in [0.4, 0.5) is 0 Å². The maximum atomic E-state index is 10.5. The molecular formula is C7H13NO3. The van der Waals surface area contributed by atoms with Crippen molar-refractivity contribution >= 4 is 5.97 Å². The van der Waals surface area contributed by atoms with Gasteiger partial charge >= 0.3 is 5.97 Å². The third kappa shape index (κ3) is 2.48. The lowest BCUT2D eigenvalue weighted by Crippen LogP contribution is -2.24. The summed E-state index contributed by atoms with van der Waals surface area (Å²) < 4.78 is 5.09. The van der Waals surface area contributed by atoms with E-state index in [4.69, 9.17) is 9.84 Å². The van der Waals surface area contributed by atoms with Crippen molar-refractivity contribution in [2.75, 3.05) is 26.7 Å². The first-order chi connectivity index (χ1) is 5.20. The second-order valence-electron chi connectivity index (χ2n) is 2.79. The zero-order valence-electron chi connectivity index (χ0n) is 6.62. The smallest absolute Gasteiger partial charge is 0.332 e. The minimum absolute atomic E-state index is 0.521. The third-order valence-electron chi connectivity index (χ3n) is 1.84. The van der Waals surface area contributed by atoms with Crippen molar-refractivity contribution in [3.63, 3.8) is 0 Å². The van der Waals surface area contributed by atoms with E-state index in [9.17, 15) is 4.79 Å². The number of hydrogen-bond acceptors (Lipinski definition) is 3. The Morgan fingerprint density at radius 1 is 1.64 bits per heavy atom. The monoisotopic (exact) mass is 159 g/mol. The zero-order valence-corrected chi connectivity index (χ0v) is 6.62. The summed E-state index contributed by atoms with van der Waals surface area (Å²) >= 11 is 0. The summed E-state index contributed by atoms with van der Waals surface area (Å²) in [4.78, 5) is 12.5. The standard InChI is InChI=1S/C7H13NO3/c1-8-3-2-6(7(9)10)11-5-4-8/h6H,2-5H2,1H3,(H,9,10). The van der Waals surface area contributed by atoms with Crippen LogP contribution < -0.4 is 0 Å². The summed E-state index contributed by atoms with van der Waals surface area (Å²) in [6.45, 7) is 2.15. The van der Waals surface area contributed by atoms with Crippen molar-refractivity contribution in [2.24, 2.45) is 0 Å². The van der Waals surface area contributed by atoms with Crippen LogP contribution in [0.15, 0.2) is 0 Å². The van der Waals surface area contributed by atoms with Gasteiger partial charge < -0.3 is 14.7 Å². The van der Waals surface area contributed by atoms with Gasteiger partial charge in [-0.1, -0.05) is 0 Å². The molecule has 0 amide bonds. The van der Waals surface area contributed by atoms with Crippen LogP contribution in [-0.4, -0.2) is 48.8 Å². The molecule has 1 atom stereocenters. The number of aliphatic carboxylic acids is 1. The molecule has 1 N–H and O–H groups in total. The van der Waals surface area contributed by atoms with Gasteiger partial charge in [0, 0.05) is 13.1 Å². The Balaban J connectivity index is 2.40. The predicted molar refractivity (Wildman–Crippen MR) is 39.5 cm³/mol. The molecule has 0 aromatic carbocycles. The highest BCUT2D eigenvalue weighted by Crippen LogP contribution is 2.04. The van der Waals surface area contributed by atoms with E-state index in [2.05, 4.69) is 4.90 Å². The van der Waals surface area contributed by atoms with Gasteiger partial charge in [0.05, 0.1) is 6.61 Å². The van der Waals surface area contributed by atoms with Gasteiger partial charge in [-0.2, -0.15) is 0 Å². The molecule has 1 saturated heterocycles. The van der Waals surface area contributed by atoms with Crippen LogP contribution in [0.3, 0.4) is 0 Å². The van der Waals surface area contributed by atoms with Gasteiger partial charge in [0.25, 0.3) is 0 Å². The van der Waals surface area contributed by atoms with E-state index in [0.717, 1.165) is 13.1 Å². The van der Waals surface area contributed by atoms with Gasteiger partial charge in [0.2, 0.25) is 0 Å². The normalized spacial score (nSPS) is 27.9. The van der Waals surface area contributed by atoms with Crippen LogP contribution in [0, 0.1) is 0 Å². The average molecular weight is 159 g/mol. The average Bonchev–Trinajstić information content (AvgIpc) is 2.13. The molecule has 0 spiro atoms. The SMILES string of the molecule is CN1CCOC(C(=O)O)CC1. The Labute approximate surface area is 65.8 Å². The Morgan fingerprint density at radius 2 is 2.36 bits per heavy atom. The number of carboxylic acids is 1. The number of nitrogens with zero attached hydrogens (tertiary/aromatic N) is 1. The Kier molecular flexibility index (Phi) is 2.84.